The number of carbonyl (C=O) groups is 4. The molecule has 0 spiro atoms. The van der Waals surface area contributed by atoms with Gasteiger partial charge in [0.15, 0.2) is 0 Å². The van der Waals surface area contributed by atoms with Crippen molar-refractivity contribution >= 4 is 23.9 Å². The van der Waals surface area contributed by atoms with Crippen molar-refractivity contribution in [2.75, 3.05) is 0 Å². The second-order valence-electron chi connectivity index (χ2n) is 10.4. The number of carboxylic acid groups (broad SMARTS) is 2. The van der Waals surface area contributed by atoms with E-state index in [1.165, 1.54) is 42.7 Å². The lowest BCUT2D eigenvalue weighted by Gasteiger charge is -2.28. The maximum absolute atomic E-state index is 12.2. The molecular weight excluding hydrogens is 554 g/mol. The van der Waals surface area contributed by atoms with Gasteiger partial charge in [0.1, 0.15) is 0 Å². The summed E-state index contributed by atoms with van der Waals surface area (Å²) < 4.78 is 9.64. The minimum atomic E-state index is -2.22. The van der Waals surface area contributed by atoms with E-state index in [-0.39, 0.29) is 17.2 Å². The van der Waals surface area contributed by atoms with Gasteiger partial charge in [-0.25, -0.2) is 19.2 Å². The van der Waals surface area contributed by atoms with Crippen LogP contribution in [0, 0.1) is 13.8 Å². The third-order valence-electron chi connectivity index (χ3n) is 6.94. The van der Waals surface area contributed by atoms with E-state index in [0.29, 0.717) is 6.04 Å². The monoisotopic (exact) mass is 591 g/mol. The minimum Gasteiger partial charge on any atom is -0.478 e. The summed E-state index contributed by atoms with van der Waals surface area (Å²) in [4.78, 5) is 47.3. The maximum Gasteiger partial charge on any atom is 0.349 e. The predicted molar refractivity (Wildman–Crippen MR) is 158 cm³/mol. The summed E-state index contributed by atoms with van der Waals surface area (Å²) in [5.41, 5.74) is 3.08. The summed E-state index contributed by atoms with van der Waals surface area (Å²) in [5.74, 6) is -5.62. The number of hydrogen-bond donors (Lipinski definition) is 4. The first-order chi connectivity index (χ1) is 20.5. The molecule has 0 aliphatic heterocycles. The molecule has 4 N–H and O–H groups in total. The predicted octanol–water partition coefficient (Wildman–Crippen LogP) is 4.30. The highest BCUT2D eigenvalue weighted by molar-refractivity contribution is 5.95. The Bertz CT molecular complexity index is 1280. The summed E-state index contributed by atoms with van der Waals surface area (Å²) in [7, 11) is 0. The van der Waals surface area contributed by atoms with Crippen LogP contribution in [0.5, 0.6) is 0 Å². The van der Waals surface area contributed by atoms with Crippen molar-refractivity contribution in [1.82, 2.24) is 5.32 Å². The fourth-order valence-corrected chi connectivity index (χ4v) is 4.42. The zero-order chi connectivity index (χ0) is 31.4. The van der Waals surface area contributed by atoms with Gasteiger partial charge in [0, 0.05) is 12.6 Å². The van der Waals surface area contributed by atoms with Crippen molar-refractivity contribution in [3.05, 3.63) is 107 Å². The van der Waals surface area contributed by atoms with Crippen LogP contribution in [-0.2, 0) is 25.6 Å². The number of nitrogens with one attached hydrogen (secondary N) is 1. The molecule has 1 aliphatic carbocycles. The number of carboxylic acids is 2. The molecule has 43 heavy (non-hydrogen) atoms. The molecule has 0 heterocycles. The zero-order valence-corrected chi connectivity index (χ0v) is 24.1. The van der Waals surface area contributed by atoms with Gasteiger partial charge in [-0.3, -0.25) is 0 Å². The van der Waals surface area contributed by atoms with E-state index in [9.17, 15) is 34.5 Å². The number of aliphatic hydroxyl groups is 1. The van der Waals surface area contributed by atoms with Crippen LogP contribution in [0.25, 0.3) is 0 Å². The fraction of sp³-hybridized carbons (Fsp3) is 0.333. The van der Waals surface area contributed by atoms with Gasteiger partial charge in [-0.05, 0) is 56.5 Å². The molecule has 1 aliphatic rings. The molecule has 1 saturated carbocycles. The molecule has 0 radical (unpaired) electrons. The molecule has 0 bridgehead atoms. The van der Waals surface area contributed by atoms with Gasteiger partial charge in [0.05, 0.1) is 17.2 Å². The number of aryl methyl sites for hydroxylation is 2. The van der Waals surface area contributed by atoms with Crippen LogP contribution in [0.2, 0.25) is 0 Å². The molecule has 0 unspecified atom stereocenters. The standard InChI is InChI=1S/C20H18O8.C13H19NO/c1-11-3-7-13(8-4-11)19(25)27-15(17(21)22)16(18(23)24)28-20(26)14-9-5-12(2)6-10-14;15-13-9-5-4-8-12(13)14-10-11-6-2-1-3-7-11/h3-10,15-16H,1-2H3,(H,21,22)(H,23,24);1-3,6-7,12-15H,4-5,8-10H2/t15-,16-;12-,13-/m11/s1. The Labute approximate surface area is 250 Å². The lowest BCUT2D eigenvalue weighted by Crippen LogP contribution is -2.45. The van der Waals surface area contributed by atoms with Crippen LogP contribution in [0.1, 0.15) is 63.1 Å². The average molecular weight is 592 g/mol. The molecular formula is C33H37NO9. The highest BCUT2D eigenvalue weighted by atomic mass is 16.6. The molecule has 0 amide bonds. The fourth-order valence-electron chi connectivity index (χ4n) is 4.42. The molecule has 228 valence electrons. The van der Waals surface area contributed by atoms with Crippen molar-refractivity contribution in [3.63, 3.8) is 0 Å². The van der Waals surface area contributed by atoms with Crippen LogP contribution in [-0.4, -0.2) is 63.6 Å². The van der Waals surface area contributed by atoms with E-state index < -0.39 is 36.1 Å². The molecule has 1 fully saturated rings. The van der Waals surface area contributed by atoms with Gasteiger partial charge in [-0.15, -0.1) is 0 Å². The third kappa shape index (κ3) is 10.4. The van der Waals surface area contributed by atoms with Gasteiger partial charge in [-0.1, -0.05) is 78.6 Å². The Morgan fingerprint density at radius 3 is 1.58 bits per heavy atom. The summed E-state index contributed by atoms with van der Waals surface area (Å²) in [6, 6.07) is 22.7. The maximum atomic E-state index is 12.2. The molecule has 3 aromatic rings. The molecule has 4 atom stereocenters. The Kier molecular flexibility index (Phi) is 12.4. The first kappa shape index (κ1) is 33.0. The van der Waals surface area contributed by atoms with Crippen LogP contribution in [0.15, 0.2) is 78.9 Å². The number of aliphatic hydroxyl groups excluding tert-OH is 1. The Morgan fingerprint density at radius 1 is 0.721 bits per heavy atom. The van der Waals surface area contributed by atoms with E-state index in [0.717, 1.165) is 30.5 Å². The Morgan fingerprint density at radius 2 is 1.16 bits per heavy atom. The first-order valence-corrected chi connectivity index (χ1v) is 14.0. The van der Waals surface area contributed by atoms with Crippen molar-refractivity contribution in [2.24, 2.45) is 0 Å². The quantitative estimate of drug-likeness (QED) is 0.250. The van der Waals surface area contributed by atoms with Crippen molar-refractivity contribution in [1.29, 1.82) is 0 Å². The minimum absolute atomic E-state index is 0.0332. The molecule has 0 saturated heterocycles. The summed E-state index contributed by atoms with van der Waals surface area (Å²) in [6.07, 6.45) is -0.127. The highest BCUT2D eigenvalue weighted by Crippen LogP contribution is 2.19. The number of rotatable bonds is 10. The zero-order valence-electron chi connectivity index (χ0n) is 24.1. The summed E-state index contributed by atoms with van der Waals surface area (Å²) >= 11 is 0. The number of ether oxygens (including phenoxy) is 2. The van der Waals surface area contributed by atoms with Crippen molar-refractivity contribution < 1.29 is 44.0 Å². The topological polar surface area (TPSA) is 159 Å². The number of esters is 2. The molecule has 10 heteroatoms. The third-order valence-corrected chi connectivity index (χ3v) is 6.94. The van der Waals surface area contributed by atoms with E-state index >= 15 is 0 Å². The summed E-state index contributed by atoms with van der Waals surface area (Å²) in [5, 5.41) is 31.9. The second-order valence-corrected chi connectivity index (χ2v) is 10.4. The van der Waals surface area contributed by atoms with E-state index in [4.69, 9.17) is 9.47 Å². The van der Waals surface area contributed by atoms with E-state index in [1.54, 1.807) is 38.1 Å². The van der Waals surface area contributed by atoms with Crippen LogP contribution >= 0.6 is 0 Å². The largest absolute Gasteiger partial charge is 0.478 e. The first-order valence-electron chi connectivity index (χ1n) is 14.0. The van der Waals surface area contributed by atoms with Crippen LogP contribution in [0.3, 0.4) is 0 Å². The number of carbonyl (C=O) groups excluding carboxylic acids is 2. The normalized spacial score (nSPS) is 17.4. The van der Waals surface area contributed by atoms with Crippen LogP contribution in [0.4, 0.5) is 0 Å². The Hall–Kier alpha value is -4.54. The molecule has 0 aromatic heterocycles. The van der Waals surface area contributed by atoms with Crippen molar-refractivity contribution in [3.8, 4) is 0 Å². The lowest BCUT2D eigenvalue weighted by molar-refractivity contribution is -0.166. The van der Waals surface area contributed by atoms with E-state index in [2.05, 4.69) is 17.4 Å². The highest BCUT2D eigenvalue weighted by Gasteiger charge is 2.41. The number of benzene rings is 3. The van der Waals surface area contributed by atoms with Crippen molar-refractivity contribution in [2.45, 2.75) is 70.4 Å². The van der Waals surface area contributed by atoms with Gasteiger partial charge in [0.2, 0.25) is 12.2 Å². The molecule has 10 nitrogen and oxygen atoms in total. The summed E-state index contributed by atoms with van der Waals surface area (Å²) in [6.45, 7) is 4.45. The molecule has 4 rings (SSSR count). The van der Waals surface area contributed by atoms with Gasteiger partial charge in [0.25, 0.3) is 0 Å². The Balaban J connectivity index is 0.000000282. The SMILES string of the molecule is Cc1ccc(C(=O)O[C@@H](C(=O)O)[C@@H](OC(=O)c2ccc(C)cc2)C(=O)O)cc1.O[C@@H]1CCCC[C@H]1NCc1ccccc1. The number of hydrogen-bond acceptors (Lipinski definition) is 8. The second kappa shape index (κ2) is 16.2. The van der Waals surface area contributed by atoms with Gasteiger partial charge in [-0.2, -0.15) is 0 Å². The number of aliphatic carboxylic acids is 2. The van der Waals surface area contributed by atoms with E-state index in [1.807, 2.05) is 18.2 Å². The van der Waals surface area contributed by atoms with Gasteiger partial charge < -0.3 is 30.1 Å². The average Bonchev–Trinajstić information content (AvgIpc) is 2.99. The van der Waals surface area contributed by atoms with Gasteiger partial charge >= 0.3 is 23.9 Å². The lowest BCUT2D eigenvalue weighted by atomic mass is 9.92. The molecule has 3 aromatic carbocycles. The smallest absolute Gasteiger partial charge is 0.349 e. The van der Waals surface area contributed by atoms with Crippen LogP contribution < -0.4 is 5.32 Å².